The fourth-order valence-corrected chi connectivity index (χ4v) is 4.10. The average molecular weight is 426 g/mol. The van der Waals surface area contributed by atoms with Crippen LogP contribution in [0.5, 0.6) is 0 Å². The SMILES string of the molecule is CC(C)NC(=O)N1C[C@H](c2cccc(C(F)(F)F)c2)[C@H](C(=O)N2CCN(C)CC2)C1. The van der Waals surface area contributed by atoms with E-state index in [1.165, 1.54) is 6.07 Å². The molecule has 3 amide bonds. The summed E-state index contributed by atoms with van der Waals surface area (Å²) >= 11 is 0. The van der Waals surface area contributed by atoms with E-state index in [1.807, 2.05) is 20.9 Å². The summed E-state index contributed by atoms with van der Waals surface area (Å²) in [6.45, 7) is 6.76. The molecule has 2 atom stereocenters. The van der Waals surface area contributed by atoms with E-state index in [1.54, 1.807) is 15.9 Å². The van der Waals surface area contributed by atoms with Gasteiger partial charge in [0.25, 0.3) is 0 Å². The van der Waals surface area contributed by atoms with Crippen molar-refractivity contribution in [2.75, 3.05) is 46.3 Å². The number of nitrogens with zero attached hydrogens (tertiary/aromatic N) is 3. The van der Waals surface area contributed by atoms with Gasteiger partial charge in [0.1, 0.15) is 0 Å². The van der Waals surface area contributed by atoms with Gasteiger partial charge >= 0.3 is 12.2 Å². The van der Waals surface area contributed by atoms with E-state index in [2.05, 4.69) is 10.2 Å². The first-order valence-corrected chi connectivity index (χ1v) is 10.3. The van der Waals surface area contributed by atoms with Crippen LogP contribution in [-0.4, -0.2) is 79.0 Å². The zero-order valence-corrected chi connectivity index (χ0v) is 17.6. The van der Waals surface area contributed by atoms with Crippen LogP contribution in [-0.2, 0) is 11.0 Å². The van der Waals surface area contributed by atoms with Crippen molar-refractivity contribution in [3.05, 3.63) is 35.4 Å². The number of nitrogens with one attached hydrogen (secondary N) is 1. The molecular formula is C21H29F3N4O2. The molecule has 0 saturated carbocycles. The highest BCUT2D eigenvalue weighted by Gasteiger charge is 2.43. The number of piperazine rings is 1. The second-order valence-corrected chi connectivity index (χ2v) is 8.47. The first-order chi connectivity index (χ1) is 14.1. The molecule has 6 nitrogen and oxygen atoms in total. The van der Waals surface area contributed by atoms with E-state index in [-0.39, 0.29) is 31.1 Å². The minimum atomic E-state index is -4.46. The van der Waals surface area contributed by atoms with Crippen LogP contribution in [0.1, 0.15) is 30.9 Å². The smallest absolute Gasteiger partial charge is 0.340 e. The summed E-state index contributed by atoms with van der Waals surface area (Å²) in [5.41, 5.74) is -0.298. The first-order valence-electron chi connectivity index (χ1n) is 10.3. The molecule has 0 aliphatic carbocycles. The lowest BCUT2D eigenvalue weighted by Gasteiger charge is -2.35. The van der Waals surface area contributed by atoms with Crippen LogP contribution in [0.4, 0.5) is 18.0 Å². The van der Waals surface area contributed by atoms with Gasteiger partial charge in [-0.3, -0.25) is 4.79 Å². The molecule has 1 N–H and O–H groups in total. The minimum Gasteiger partial charge on any atom is -0.340 e. The third-order valence-electron chi connectivity index (χ3n) is 5.79. The van der Waals surface area contributed by atoms with Crippen molar-refractivity contribution in [3.8, 4) is 0 Å². The Hall–Kier alpha value is -2.29. The van der Waals surface area contributed by atoms with Gasteiger partial charge in [-0.15, -0.1) is 0 Å². The normalized spacial score (nSPS) is 23.2. The molecule has 2 aliphatic rings. The predicted octanol–water partition coefficient (Wildman–Crippen LogP) is 2.61. The first kappa shape index (κ1) is 22.4. The highest BCUT2D eigenvalue weighted by Crippen LogP contribution is 2.37. The quantitative estimate of drug-likeness (QED) is 0.809. The van der Waals surface area contributed by atoms with Gasteiger partial charge in [0, 0.05) is 51.2 Å². The lowest BCUT2D eigenvalue weighted by molar-refractivity contribution is -0.137. The van der Waals surface area contributed by atoms with Crippen molar-refractivity contribution >= 4 is 11.9 Å². The maximum absolute atomic E-state index is 13.3. The van der Waals surface area contributed by atoms with Gasteiger partial charge in [-0.2, -0.15) is 13.2 Å². The molecule has 0 spiro atoms. The molecule has 2 saturated heterocycles. The number of urea groups is 1. The number of halogens is 3. The number of likely N-dealkylation sites (tertiary alicyclic amines) is 1. The van der Waals surface area contributed by atoms with Gasteiger partial charge in [-0.25, -0.2) is 4.79 Å². The number of carbonyl (C=O) groups excluding carboxylic acids is 2. The number of alkyl halides is 3. The second kappa shape index (κ2) is 8.83. The van der Waals surface area contributed by atoms with Crippen LogP contribution in [0.3, 0.4) is 0 Å². The highest BCUT2D eigenvalue weighted by atomic mass is 19.4. The zero-order valence-electron chi connectivity index (χ0n) is 17.6. The van der Waals surface area contributed by atoms with Crippen LogP contribution >= 0.6 is 0 Å². The Morgan fingerprint density at radius 3 is 2.33 bits per heavy atom. The molecule has 0 radical (unpaired) electrons. The van der Waals surface area contributed by atoms with Gasteiger partial charge in [-0.1, -0.05) is 18.2 Å². The Morgan fingerprint density at radius 2 is 1.73 bits per heavy atom. The summed E-state index contributed by atoms with van der Waals surface area (Å²) in [5.74, 6) is -1.13. The maximum atomic E-state index is 13.3. The number of benzene rings is 1. The number of rotatable bonds is 3. The second-order valence-electron chi connectivity index (χ2n) is 8.47. The Morgan fingerprint density at radius 1 is 1.07 bits per heavy atom. The van der Waals surface area contributed by atoms with Gasteiger partial charge in [0.05, 0.1) is 11.5 Å². The molecule has 0 bridgehead atoms. The number of amides is 3. The van der Waals surface area contributed by atoms with E-state index in [9.17, 15) is 22.8 Å². The fraction of sp³-hybridized carbons (Fsp3) is 0.619. The molecule has 1 aromatic rings. The number of carbonyl (C=O) groups is 2. The van der Waals surface area contributed by atoms with Gasteiger partial charge in [0.15, 0.2) is 0 Å². The number of likely N-dealkylation sites (N-methyl/N-ethyl adjacent to an activating group) is 1. The minimum absolute atomic E-state index is 0.0723. The Bertz CT molecular complexity index is 776. The molecule has 2 aliphatic heterocycles. The molecular weight excluding hydrogens is 397 g/mol. The molecule has 30 heavy (non-hydrogen) atoms. The van der Waals surface area contributed by atoms with E-state index in [4.69, 9.17) is 0 Å². The fourth-order valence-electron chi connectivity index (χ4n) is 4.10. The molecule has 2 heterocycles. The molecule has 2 fully saturated rings. The van der Waals surface area contributed by atoms with Gasteiger partial charge in [-0.05, 0) is 32.5 Å². The highest BCUT2D eigenvalue weighted by molar-refractivity contribution is 5.83. The number of hydrogen-bond donors (Lipinski definition) is 1. The van der Waals surface area contributed by atoms with Crippen molar-refractivity contribution in [2.24, 2.45) is 5.92 Å². The maximum Gasteiger partial charge on any atom is 0.416 e. The van der Waals surface area contributed by atoms with Crippen LogP contribution in [0, 0.1) is 5.92 Å². The zero-order chi connectivity index (χ0) is 22.1. The lowest BCUT2D eigenvalue weighted by atomic mass is 9.87. The molecule has 0 unspecified atom stereocenters. The largest absolute Gasteiger partial charge is 0.416 e. The van der Waals surface area contributed by atoms with Crippen LogP contribution in [0.25, 0.3) is 0 Å². The standard InChI is InChI=1S/C21H29F3N4O2/c1-14(2)25-20(30)28-12-17(15-5-4-6-16(11-15)21(22,23)24)18(13-28)19(29)27-9-7-26(3)8-10-27/h4-6,11,14,17-18H,7-10,12-13H2,1-3H3,(H,25,30)/t17-,18-/m1/s1. The Balaban J connectivity index is 1.87. The molecule has 0 aromatic heterocycles. The van der Waals surface area contributed by atoms with E-state index >= 15 is 0 Å². The lowest BCUT2D eigenvalue weighted by Crippen LogP contribution is -2.50. The summed E-state index contributed by atoms with van der Waals surface area (Å²) < 4.78 is 39.7. The van der Waals surface area contributed by atoms with E-state index in [0.717, 1.165) is 25.2 Å². The third kappa shape index (κ3) is 5.06. The van der Waals surface area contributed by atoms with Crippen molar-refractivity contribution in [2.45, 2.75) is 32.0 Å². The summed E-state index contributed by atoms with van der Waals surface area (Å²) in [6.07, 6.45) is -4.46. The van der Waals surface area contributed by atoms with Crippen molar-refractivity contribution in [1.82, 2.24) is 20.0 Å². The van der Waals surface area contributed by atoms with Crippen molar-refractivity contribution < 1.29 is 22.8 Å². The van der Waals surface area contributed by atoms with Crippen LogP contribution in [0.15, 0.2) is 24.3 Å². The molecule has 166 valence electrons. The van der Waals surface area contributed by atoms with E-state index < -0.39 is 23.6 Å². The third-order valence-corrected chi connectivity index (χ3v) is 5.79. The molecule has 9 heteroatoms. The Labute approximate surface area is 175 Å². The summed E-state index contributed by atoms with van der Waals surface area (Å²) in [4.78, 5) is 31.3. The molecule has 1 aromatic carbocycles. The average Bonchev–Trinajstić information content (AvgIpc) is 3.12. The Kier molecular flexibility index (Phi) is 6.59. The van der Waals surface area contributed by atoms with Gasteiger partial charge in [0.2, 0.25) is 5.91 Å². The van der Waals surface area contributed by atoms with Crippen LogP contribution < -0.4 is 5.32 Å². The van der Waals surface area contributed by atoms with Gasteiger partial charge < -0.3 is 20.0 Å². The predicted molar refractivity (Wildman–Crippen MR) is 107 cm³/mol. The number of hydrogen-bond acceptors (Lipinski definition) is 3. The summed E-state index contributed by atoms with van der Waals surface area (Å²) in [5, 5.41) is 2.81. The topological polar surface area (TPSA) is 55.9 Å². The van der Waals surface area contributed by atoms with Crippen molar-refractivity contribution in [3.63, 3.8) is 0 Å². The van der Waals surface area contributed by atoms with E-state index in [0.29, 0.717) is 18.7 Å². The summed E-state index contributed by atoms with van der Waals surface area (Å²) in [7, 11) is 1.99. The monoisotopic (exact) mass is 426 g/mol. The van der Waals surface area contributed by atoms with Crippen LogP contribution in [0.2, 0.25) is 0 Å². The van der Waals surface area contributed by atoms with Crippen molar-refractivity contribution in [1.29, 1.82) is 0 Å². The molecule has 3 rings (SSSR count). The summed E-state index contributed by atoms with van der Waals surface area (Å²) in [6, 6.07) is 4.76.